The largest absolute Gasteiger partial charge is 0.502 e. The molecule has 8 nitrogen and oxygen atoms in total. The summed E-state index contributed by atoms with van der Waals surface area (Å²) in [5.41, 5.74) is 1.11. The molecule has 3 aromatic rings. The van der Waals surface area contributed by atoms with Crippen LogP contribution in [-0.4, -0.2) is 35.3 Å². The van der Waals surface area contributed by atoms with Gasteiger partial charge < -0.3 is 19.0 Å². The summed E-state index contributed by atoms with van der Waals surface area (Å²) in [7, 11) is 2.72. The van der Waals surface area contributed by atoms with E-state index in [1.54, 1.807) is 24.4 Å². The Morgan fingerprint density at radius 2 is 2.04 bits per heavy atom. The summed E-state index contributed by atoms with van der Waals surface area (Å²) in [4.78, 5) is 32.8. The molecule has 1 N–H and O–H groups in total. The van der Waals surface area contributed by atoms with Crippen LogP contribution in [0.3, 0.4) is 0 Å². The molecule has 0 saturated heterocycles. The zero-order valence-electron chi connectivity index (χ0n) is 14.8. The molecule has 2 heterocycles. The van der Waals surface area contributed by atoms with Crippen molar-refractivity contribution >= 4 is 17.0 Å². The Balaban J connectivity index is 2.23. The van der Waals surface area contributed by atoms with Gasteiger partial charge in [0.1, 0.15) is 12.4 Å². The van der Waals surface area contributed by atoms with Gasteiger partial charge in [0.15, 0.2) is 5.76 Å². The summed E-state index contributed by atoms with van der Waals surface area (Å²) in [5, 5.41) is 10.3. The van der Waals surface area contributed by atoms with E-state index >= 15 is 0 Å². The highest BCUT2D eigenvalue weighted by molar-refractivity contribution is 5.80. The van der Waals surface area contributed by atoms with Crippen LogP contribution in [-0.2, 0) is 20.9 Å². The van der Waals surface area contributed by atoms with E-state index < -0.39 is 23.1 Å². The minimum Gasteiger partial charge on any atom is -0.502 e. The highest BCUT2D eigenvalue weighted by Gasteiger charge is 2.28. The fourth-order valence-electron chi connectivity index (χ4n) is 2.89. The van der Waals surface area contributed by atoms with Gasteiger partial charge in [-0.05, 0) is 11.6 Å². The number of para-hydroxylation sites is 1. The van der Waals surface area contributed by atoms with Crippen LogP contribution >= 0.6 is 0 Å². The van der Waals surface area contributed by atoms with Crippen molar-refractivity contribution in [3.05, 3.63) is 64.0 Å². The van der Waals surface area contributed by atoms with Crippen LogP contribution in [0.15, 0.2) is 45.9 Å². The number of hydrogen-bond donors (Lipinski definition) is 1. The van der Waals surface area contributed by atoms with Crippen LogP contribution in [0.1, 0.15) is 29.4 Å². The lowest BCUT2D eigenvalue weighted by Crippen LogP contribution is -2.14. The zero-order valence-corrected chi connectivity index (χ0v) is 14.8. The summed E-state index contributed by atoms with van der Waals surface area (Å²) < 4.78 is 15.5. The Morgan fingerprint density at radius 1 is 1.26 bits per heavy atom. The van der Waals surface area contributed by atoms with Crippen LogP contribution in [0.25, 0.3) is 11.0 Å². The standard InChI is InChI=1S/C19H18N2O6/c1-25-10-11-8-15(22)18(24)19(27-11)13(9-16(23)26-2)12-4-3-5-14-17(12)21-7-6-20-14/h3-8,13,24H,9-10H2,1-2H3. The Kier molecular flexibility index (Phi) is 5.46. The van der Waals surface area contributed by atoms with Crippen LogP contribution in [0, 0.1) is 0 Å². The molecule has 0 aliphatic rings. The van der Waals surface area contributed by atoms with Gasteiger partial charge in [0.25, 0.3) is 0 Å². The monoisotopic (exact) mass is 370 g/mol. The number of carbonyl (C=O) groups excluding carboxylic acids is 1. The van der Waals surface area contributed by atoms with Crippen LogP contribution in [0.2, 0.25) is 0 Å². The van der Waals surface area contributed by atoms with Crippen LogP contribution in [0.4, 0.5) is 0 Å². The van der Waals surface area contributed by atoms with E-state index in [-0.39, 0.29) is 24.5 Å². The first kappa shape index (κ1) is 18.5. The summed E-state index contributed by atoms with van der Waals surface area (Å²) in [6.45, 7) is 0.0445. The maximum Gasteiger partial charge on any atom is 0.306 e. The molecule has 0 bridgehead atoms. The third-order valence-electron chi connectivity index (χ3n) is 4.11. The first-order valence-electron chi connectivity index (χ1n) is 8.16. The van der Waals surface area contributed by atoms with Crippen molar-refractivity contribution in [2.45, 2.75) is 18.9 Å². The van der Waals surface area contributed by atoms with Gasteiger partial charge in [0.2, 0.25) is 11.2 Å². The lowest BCUT2D eigenvalue weighted by Gasteiger charge is -2.18. The van der Waals surface area contributed by atoms with Crippen molar-refractivity contribution in [2.75, 3.05) is 14.2 Å². The van der Waals surface area contributed by atoms with Gasteiger partial charge in [-0.15, -0.1) is 0 Å². The van der Waals surface area contributed by atoms with Gasteiger partial charge in [-0.25, -0.2) is 0 Å². The summed E-state index contributed by atoms with van der Waals surface area (Å²) >= 11 is 0. The van der Waals surface area contributed by atoms with E-state index in [1.165, 1.54) is 20.4 Å². The maximum atomic E-state index is 12.2. The highest BCUT2D eigenvalue weighted by atomic mass is 16.5. The lowest BCUT2D eigenvalue weighted by atomic mass is 9.91. The number of aromatic hydroxyl groups is 1. The second-order valence-corrected chi connectivity index (χ2v) is 5.83. The van der Waals surface area contributed by atoms with Crippen molar-refractivity contribution < 1.29 is 23.8 Å². The first-order valence-corrected chi connectivity index (χ1v) is 8.16. The van der Waals surface area contributed by atoms with E-state index in [9.17, 15) is 14.7 Å². The summed E-state index contributed by atoms with van der Waals surface area (Å²) in [6.07, 6.45) is 2.93. The maximum absolute atomic E-state index is 12.2. The number of ether oxygens (including phenoxy) is 2. The molecule has 0 spiro atoms. The number of esters is 1. The predicted molar refractivity (Wildman–Crippen MR) is 95.4 cm³/mol. The van der Waals surface area contributed by atoms with Gasteiger partial charge in [-0.1, -0.05) is 12.1 Å². The smallest absolute Gasteiger partial charge is 0.306 e. The number of aromatic nitrogens is 2. The summed E-state index contributed by atoms with van der Waals surface area (Å²) in [6, 6.07) is 6.43. The number of rotatable bonds is 6. The lowest BCUT2D eigenvalue weighted by molar-refractivity contribution is -0.140. The quantitative estimate of drug-likeness (QED) is 0.657. The van der Waals surface area contributed by atoms with Gasteiger partial charge in [0, 0.05) is 25.6 Å². The molecule has 2 aromatic heterocycles. The second-order valence-electron chi connectivity index (χ2n) is 5.83. The van der Waals surface area contributed by atoms with Crippen LogP contribution in [0.5, 0.6) is 5.75 Å². The fraction of sp³-hybridized carbons (Fsp3) is 0.263. The number of methoxy groups -OCH3 is 2. The second kappa shape index (κ2) is 7.96. The number of fused-ring (bicyclic) bond motifs is 1. The highest BCUT2D eigenvalue weighted by Crippen LogP contribution is 2.36. The number of carbonyl (C=O) groups is 1. The van der Waals surface area contributed by atoms with Gasteiger partial charge >= 0.3 is 5.97 Å². The molecule has 27 heavy (non-hydrogen) atoms. The zero-order chi connectivity index (χ0) is 19.4. The van der Waals surface area contributed by atoms with Gasteiger partial charge in [0.05, 0.1) is 30.5 Å². The predicted octanol–water partition coefficient (Wildman–Crippen LogP) is 2.13. The molecule has 3 rings (SSSR count). The Labute approximate surface area is 154 Å². The Bertz CT molecular complexity index is 1020. The molecule has 0 aliphatic carbocycles. The van der Waals surface area contributed by atoms with Crippen molar-refractivity contribution in [1.82, 2.24) is 9.97 Å². The van der Waals surface area contributed by atoms with Crippen molar-refractivity contribution in [2.24, 2.45) is 0 Å². The molecular formula is C19H18N2O6. The minimum absolute atomic E-state index is 0.0434. The molecule has 1 aromatic carbocycles. The van der Waals surface area contributed by atoms with E-state index in [0.717, 1.165) is 6.07 Å². The van der Waals surface area contributed by atoms with Crippen molar-refractivity contribution in [3.63, 3.8) is 0 Å². The molecule has 0 fully saturated rings. The number of hydrogen-bond acceptors (Lipinski definition) is 8. The molecule has 140 valence electrons. The fourth-order valence-corrected chi connectivity index (χ4v) is 2.89. The van der Waals surface area contributed by atoms with E-state index in [1.807, 2.05) is 0 Å². The average molecular weight is 370 g/mol. The third kappa shape index (κ3) is 3.80. The molecule has 8 heteroatoms. The molecular weight excluding hydrogens is 352 g/mol. The normalized spacial score (nSPS) is 12.1. The van der Waals surface area contributed by atoms with Crippen LogP contribution < -0.4 is 5.43 Å². The molecule has 0 aliphatic heterocycles. The SMILES string of the molecule is COCc1cc(=O)c(O)c(C(CC(=O)OC)c2cccc3nccnc23)o1. The number of nitrogens with zero attached hydrogens (tertiary/aromatic N) is 2. The first-order chi connectivity index (χ1) is 13.0. The summed E-state index contributed by atoms with van der Waals surface area (Å²) in [5.74, 6) is -1.69. The minimum atomic E-state index is -0.789. The molecule has 0 saturated carbocycles. The van der Waals surface area contributed by atoms with E-state index in [0.29, 0.717) is 16.6 Å². The van der Waals surface area contributed by atoms with E-state index in [4.69, 9.17) is 13.9 Å². The molecule has 1 unspecified atom stereocenters. The molecule has 0 radical (unpaired) electrons. The average Bonchev–Trinajstić information content (AvgIpc) is 2.68. The Hall–Kier alpha value is -3.26. The van der Waals surface area contributed by atoms with Gasteiger partial charge in [-0.3, -0.25) is 19.6 Å². The van der Waals surface area contributed by atoms with Gasteiger partial charge in [-0.2, -0.15) is 0 Å². The van der Waals surface area contributed by atoms with Crippen molar-refractivity contribution in [3.8, 4) is 5.75 Å². The topological polar surface area (TPSA) is 112 Å². The van der Waals surface area contributed by atoms with Crippen molar-refractivity contribution in [1.29, 1.82) is 0 Å². The number of benzene rings is 1. The molecule has 1 atom stereocenters. The molecule has 0 amide bonds. The third-order valence-corrected chi connectivity index (χ3v) is 4.11. The Morgan fingerprint density at radius 3 is 2.78 bits per heavy atom. The van der Waals surface area contributed by atoms with E-state index in [2.05, 4.69) is 9.97 Å².